The van der Waals surface area contributed by atoms with Crippen LogP contribution in [0.15, 0.2) is 6.20 Å². The first-order valence-corrected chi connectivity index (χ1v) is 5.97. The van der Waals surface area contributed by atoms with E-state index in [4.69, 9.17) is 9.47 Å². The van der Waals surface area contributed by atoms with Crippen LogP contribution in [0.2, 0.25) is 0 Å². The molecule has 1 aromatic heterocycles. The minimum absolute atomic E-state index is 0.0964. The molecule has 0 spiro atoms. The third-order valence-corrected chi connectivity index (χ3v) is 2.82. The third kappa shape index (κ3) is 2.88. The second-order valence-electron chi connectivity index (χ2n) is 4.96. The van der Waals surface area contributed by atoms with Gasteiger partial charge in [-0.2, -0.15) is 5.10 Å². The number of nitrogens with zero attached hydrogens (tertiary/aromatic N) is 2. The van der Waals surface area contributed by atoms with Gasteiger partial charge in [-0.1, -0.05) is 0 Å². The molecule has 2 heterocycles. The van der Waals surface area contributed by atoms with Crippen LogP contribution in [0.4, 0.5) is 0 Å². The first kappa shape index (κ1) is 13.0. The Morgan fingerprint density at radius 1 is 1.67 bits per heavy atom. The molecule has 1 fully saturated rings. The van der Waals surface area contributed by atoms with E-state index in [0.29, 0.717) is 18.7 Å². The molecule has 1 saturated heterocycles. The van der Waals surface area contributed by atoms with Gasteiger partial charge in [0.2, 0.25) is 0 Å². The quantitative estimate of drug-likeness (QED) is 0.857. The highest BCUT2D eigenvalue weighted by Gasteiger charge is 2.32. The molecule has 1 aliphatic rings. The van der Waals surface area contributed by atoms with E-state index in [-0.39, 0.29) is 12.0 Å². The molecule has 6 heteroatoms. The minimum Gasteiger partial charge on any atom is -0.349 e. The molecule has 100 valence electrons. The maximum Gasteiger partial charge on any atom is 0.254 e. The normalized spacial score (nSPS) is 22.1. The Balaban J connectivity index is 1.88. The number of hydrogen-bond donors (Lipinski definition) is 1. The molecule has 1 atom stereocenters. The predicted octanol–water partition coefficient (Wildman–Crippen LogP) is 0.610. The van der Waals surface area contributed by atoms with Gasteiger partial charge in [-0.3, -0.25) is 9.48 Å². The Bertz CT molecular complexity index is 453. The molecule has 0 radical (unpaired) electrons. The zero-order valence-electron chi connectivity index (χ0n) is 11.2. The van der Waals surface area contributed by atoms with Crippen LogP contribution in [-0.4, -0.2) is 40.7 Å². The lowest BCUT2D eigenvalue weighted by atomic mass is 10.2. The second kappa shape index (κ2) is 4.70. The molecular formula is C12H19N3O3. The van der Waals surface area contributed by atoms with Gasteiger partial charge in [-0.25, -0.2) is 0 Å². The van der Waals surface area contributed by atoms with E-state index in [1.807, 2.05) is 20.8 Å². The molecule has 0 bridgehead atoms. The Kier molecular flexibility index (Phi) is 3.41. The fourth-order valence-corrected chi connectivity index (χ4v) is 1.99. The Morgan fingerprint density at radius 3 is 2.89 bits per heavy atom. The number of carbonyl (C=O) groups is 1. The highest BCUT2D eigenvalue weighted by molar-refractivity contribution is 5.94. The minimum atomic E-state index is -0.556. The van der Waals surface area contributed by atoms with E-state index >= 15 is 0 Å². The average molecular weight is 253 g/mol. The molecule has 2 rings (SSSR count). The van der Waals surface area contributed by atoms with Crippen LogP contribution < -0.4 is 5.32 Å². The van der Waals surface area contributed by atoms with Gasteiger partial charge >= 0.3 is 0 Å². The van der Waals surface area contributed by atoms with Crippen molar-refractivity contribution in [2.75, 3.05) is 13.2 Å². The van der Waals surface area contributed by atoms with Gasteiger partial charge in [0.1, 0.15) is 6.10 Å². The smallest absolute Gasteiger partial charge is 0.254 e. The summed E-state index contributed by atoms with van der Waals surface area (Å²) in [5.41, 5.74) is 1.31. The number of aryl methyl sites for hydroxylation is 2. The number of hydrogen-bond acceptors (Lipinski definition) is 4. The van der Waals surface area contributed by atoms with E-state index in [2.05, 4.69) is 10.4 Å². The van der Waals surface area contributed by atoms with Crippen molar-refractivity contribution in [3.8, 4) is 0 Å². The zero-order chi connectivity index (χ0) is 13.3. The van der Waals surface area contributed by atoms with Crippen LogP contribution in [0, 0.1) is 6.92 Å². The van der Waals surface area contributed by atoms with Gasteiger partial charge in [0, 0.05) is 19.8 Å². The van der Waals surface area contributed by atoms with Gasteiger partial charge in [0.15, 0.2) is 5.79 Å². The van der Waals surface area contributed by atoms with Crippen molar-refractivity contribution in [2.45, 2.75) is 32.7 Å². The zero-order valence-corrected chi connectivity index (χ0v) is 11.2. The van der Waals surface area contributed by atoms with Crippen molar-refractivity contribution in [1.82, 2.24) is 15.1 Å². The number of nitrogens with one attached hydrogen (secondary N) is 1. The number of carbonyl (C=O) groups excluding carboxylic acids is 1. The second-order valence-corrected chi connectivity index (χ2v) is 4.96. The van der Waals surface area contributed by atoms with E-state index in [1.165, 1.54) is 0 Å². The summed E-state index contributed by atoms with van der Waals surface area (Å²) in [5.74, 6) is -0.687. The Morgan fingerprint density at radius 2 is 2.39 bits per heavy atom. The lowest BCUT2D eigenvalue weighted by Gasteiger charge is -2.17. The first-order chi connectivity index (χ1) is 8.37. The molecule has 1 amide bonds. The molecule has 1 unspecified atom stereocenters. The van der Waals surface area contributed by atoms with Crippen LogP contribution in [0.1, 0.15) is 29.9 Å². The van der Waals surface area contributed by atoms with Crippen molar-refractivity contribution in [3.63, 3.8) is 0 Å². The topological polar surface area (TPSA) is 65.4 Å². The summed E-state index contributed by atoms with van der Waals surface area (Å²) in [4.78, 5) is 11.9. The van der Waals surface area contributed by atoms with Crippen LogP contribution in [0.3, 0.4) is 0 Å². The Labute approximate surface area is 106 Å². The molecule has 0 aromatic carbocycles. The third-order valence-electron chi connectivity index (χ3n) is 2.82. The standard InChI is InChI=1S/C12H19N3O3/c1-8-10(6-15(4)14-8)11(16)13-5-9-7-17-12(2,3)18-9/h6,9H,5,7H2,1-4H3,(H,13,16). The van der Waals surface area contributed by atoms with Crippen molar-refractivity contribution >= 4 is 5.91 Å². The molecule has 18 heavy (non-hydrogen) atoms. The summed E-state index contributed by atoms with van der Waals surface area (Å²) < 4.78 is 12.7. The lowest BCUT2D eigenvalue weighted by molar-refractivity contribution is -0.137. The molecule has 0 aliphatic carbocycles. The average Bonchev–Trinajstić information content (AvgIpc) is 2.78. The highest BCUT2D eigenvalue weighted by Crippen LogP contribution is 2.21. The number of aromatic nitrogens is 2. The van der Waals surface area contributed by atoms with Crippen LogP contribution in [0.25, 0.3) is 0 Å². The molecular weight excluding hydrogens is 234 g/mol. The fraction of sp³-hybridized carbons (Fsp3) is 0.667. The molecule has 1 aromatic rings. The highest BCUT2D eigenvalue weighted by atomic mass is 16.7. The van der Waals surface area contributed by atoms with Gasteiger partial charge in [0.05, 0.1) is 17.9 Å². The van der Waals surface area contributed by atoms with E-state index in [1.54, 1.807) is 17.9 Å². The molecule has 6 nitrogen and oxygen atoms in total. The number of ether oxygens (including phenoxy) is 2. The molecule has 0 saturated carbocycles. The first-order valence-electron chi connectivity index (χ1n) is 5.97. The maximum atomic E-state index is 11.9. The maximum absolute atomic E-state index is 11.9. The lowest BCUT2D eigenvalue weighted by Crippen LogP contribution is -2.34. The largest absolute Gasteiger partial charge is 0.349 e. The molecule has 1 aliphatic heterocycles. The summed E-state index contributed by atoms with van der Waals surface area (Å²) in [5, 5.41) is 6.97. The number of rotatable bonds is 3. The Hall–Kier alpha value is -1.40. The van der Waals surface area contributed by atoms with Gasteiger partial charge in [0.25, 0.3) is 5.91 Å². The van der Waals surface area contributed by atoms with Crippen LogP contribution >= 0.6 is 0 Å². The fourth-order valence-electron chi connectivity index (χ4n) is 1.99. The predicted molar refractivity (Wildman–Crippen MR) is 65.2 cm³/mol. The van der Waals surface area contributed by atoms with Crippen molar-refractivity contribution in [2.24, 2.45) is 7.05 Å². The molecule has 1 N–H and O–H groups in total. The summed E-state index contributed by atoms with van der Waals surface area (Å²) >= 11 is 0. The van der Waals surface area contributed by atoms with Crippen molar-refractivity contribution < 1.29 is 14.3 Å². The van der Waals surface area contributed by atoms with Gasteiger partial charge < -0.3 is 14.8 Å². The van der Waals surface area contributed by atoms with Crippen molar-refractivity contribution in [3.05, 3.63) is 17.5 Å². The van der Waals surface area contributed by atoms with E-state index in [0.717, 1.165) is 5.69 Å². The summed E-state index contributed by atoms with van der Waals surface area (Å²) in [6.07, 6.45) is 1.61. The monoisotopic (exact) mass is 253 g/mol. The van der Waals surface area contributed by atoms with Crippen LogP contribution in [-0.2, 0) is 16.5 Å². The van der Waals surface area contributed by atoms with Gasteiger partial charge in [-0.05, 0) is 20.8 Å². The van der Waals surface area contributed by atoms with E-state index in [9.17, 15) is 4.79 Å². The number of amides is 1. The van der Waals surface area contributed by atoms with Crippen molar-refractivity contribution in [1.29, 1.82) is 0 Å². The van der Waals surface area contributed by atoms with Crippen LogP contribution in [0.5, 0.6) is 0 Å². The summed E-state index contributed by atoms with van der Waals surface area (Å²) in [6.45, 7) is 6.48. The summed E-state index contributed by atoms with van der Waals surface area (Å²) in [6, 6.07) is 0. The van der Waals surface area contributed by atoms with E-state index < -0.39 is 5.79 Å². The summed E-state index contributed by atoms with van der Waals surface area (Å²) in [7, 11) is 1.79. The van der Waals surface area contributed by atoms with Gasteiger partial charge in [-0.15, -0.1) is 0 Å². The SMILES string of the molecule is Cc1nn(C)cc1C(=O)NCC1COC(C)(C)O1.